The summed E-state index contributed by atoms with van der Waals surface area (Å²) in [5.74, 6) is -0.749. The van der Waals surface area contributed by atoms with Gasteiger partial charge < -0.3 is 10.4 Å². The molecule has 1 aromatic carbocycles. The summed E-state index contributed by atoms with van der Waals surface area (Å²) in [5, 5.41) is 21.0. The molecule has 7 nitrogen and oxygen atoms in total. The van der Waals surface area contributed by atoms with Gasteiger partial charge in [-0.1, -0.05) is 41.7 Å². The van der Waals surface area contributed by atoms with Gasteiger partial charge in [0.2, 0.25) is 16.9 Å². The standard InChI is InChI=1S/C16H18N4O3S/c21-7-6-17-15(23)12-9-14(22)20(10-12)16-19-18-13(24-16)8-11-4-2-1-3-5-11/h1-5,12,21H,6-10H2,(H,17,23). The van der Waals surface area contributed by atoms with Crippen molar-refractivity contribution in [2.75, 3.05) is 24.6 Å². The maximum absolute atomic E-state index is 12.2. The molecule has 0 spiro atoms. The van der Waals surface area contributed by atoms with Crippen molar-refractivity contribution in [1.29, 1.82) is 0 Å². The number of nitrogens with one attached hydrogen (secondary N) is 1. The lowest BCUT2D eigenvalue weighted by Crippen LogP contribution is -2.34. The highest BCUT2D eigenvalue weighted by molar-refractivity contribution is 7.15. The van der Waals surface area contributed by atoms with Crippen LogP contribution in [0.5, 0.6) is 0 Å². The van der Waals surface area contributed by atoms with Gasteiger partial charge in [0.25, 0.3) is 0 Å². The Balaban J connectivity index is 1.64. The van der Waals surface area contributed by atoms with Crippen molar-refractivity contribution in [3.8, 4) is 0 Å². The number of hydrogen-bond acceptors (Lipinski definition) is 6. The van der Waals surface area contributed by atoms with Crippen molar-refractivity contribution in [3.05, 3.63) is 40.9 Å². The van der Waals surface area contributed by atoms with Crippen LogP contribution in [0.1, 0.15) is 17.0 Å². The molecule has 2 aromatic rings. The van der Waals surface area contributed by atoms with Crippen LogP contribution in [0.25, 0.3) is 0 Å². The van der Waals surface area contributed by atoms with Crippen molar-refractivity contribution in [1.82, 2.24) is 15.5 Å². The van der Waals surface area contributed by atoms with E-state index in [1.807, 2.05) is 30.3 Å². The van der Waals surface area contributed by atoms with Crippen LogP contribution >= 0.6 is 11.3 Å². The number of hydrogen-bond donors (Lipinski definition) is 2. The minimum atomic E-state index is -0.412. The first-order valence-corrected chi connectivity index (χ1v) is 8.54. The number of aliphatic hydroxyl groups is 1. The average molecular weight is 346 g/mol. The smallest absolute Gasteiger partial charge is 0.229 e. The van der Waals surface area contributed by atoms with E-state index in [0.717, 1.165) is 10.6 Å². The molecule has 2 heterocycles. The molecule has 1 aromatic heterocycles. The molecule has 24 heavy (non-hydrogen) atoms. The predicted molar refractivity (Wildman–Crippen MR) is 89.7 cm³/mol. The highest BCUT2D eigenvalue weighted by Crippen LogP contribution is 2.28. The highest BCUT2D eigenvalue weighted by Gasteiger charge is 2.36. The van der Waals surface area contributed by atoms with Gasteiger partial charge in [0.1, 0.15) is 5.01 Å². The lowest BCUT2D eigenvalue weighted by molar-refractivity contribution is -0.126. The largest absolute Gasteiger partial charge is 0.395 e. The molecule has 0 saturated carbocycles. The third-order valence-corrected chi connectivity index (χ3v) is 4.74. The number of anilines is 1. The first-order valence-electron chi connectivity index (χ1n) is 7.72. The number of carbonyl (C=O) groups is 2. The van der Waals surface area contributed by atoms with Gasteiger partial charge in [-0.2, -0.15) is 0 Å². The van der Waals surface area contributed by atoms with Crippen LogP contribution in [0.4, 0.5) is 5.13 Å². The Hall–Kier alpha value is -2.32. The summed E-state index contributed by atoms with van der Waals surface area (Å²) < 4.78 is 0. The molecule has 1 aliphatic heterocycles. The number of rotatable bonds is 6. The first-order chi connectivity index (χ1) is 11.7. The van der Waals surface area contributed by atoms with Crippen LogP contribution in [0.2, 0.25) is 0 Å². The Morgan fingerprint density at radius 1 is 1.33 bits per heavy atom. The zero-order valence-electron chi connectivity index (χ0n) is 13.0. The summed E-state index contributed by atoms with van der Waals surface area (Å²) >= 11 is 1.37. The Kier molecular flexibility index (Phi) is 5.17. The molecule has 0 bridgehead atoms. The fourth-order valence-corrected chi connectivity index (χ4v) is 3.49. The van der Waals surface area contributed by atoms with Crippen molar-refractivity contribution >= 4 is 28.3 Å². The van der Waals surface area contributed by atoms with E-state index in [2.05, 4.69) is 15.5 Å². The van der Waals surface area contributed by atoms with E-state index in [1.54, 1.807) is 0 Å². The molecule has 1 fully saturated rings. The van der Waals surface area contributed by atoms with Gasteiger partial charge >= 0.3 is 0 Å². The molecule has 2 amide bonds. The van der Waals surface area contributed by atoms with E-state index in [9.17, 15) is 9.59 Å². The molecule has 0 aliphatic carbocycles. The molecule has 1 unspecified atom stereocenters. The lowest BCUT2D eigenvalue weighted by Gasteiger charge is -2.12. The average Bonchev–Trinajstić information content (AvgIpc) is 3.20. The monoisotopic (exact) mass is 346 g/mol. The van der Waals surface area contributed by atoms with Crippen molar-refractivity contribution in [2.24, 2.45) is 5.92 Å². The van der Waals surface area contributed by atoms with Crippen molar-refractivity contribution in [2.45, 2.75) is 12.8 Å². The summed E-state index contributed by atoms with van der Waals surface area (Å²) in [7, 11) is 0. The lowest BCUT2D eigenvalue weighted by atomic mass is 10.1. The van der Waals surface area contributed by atoms with Gasteiger partial charge in [-0.25, -0.2) is 0 Å². The maximum atomic E-state index is 12.2. The van der Waals surface area contributed by atoms with E-state index < -0.39 is 5.92 Å². The minimum Gasteiger partial charge on any atom is -0.395 e. The second-order valence-corrected chi connectivity index (χ2v) is 6.60. The summed E-state index contributed by atoms with van der Waals surface area (Å²) in [6.07, 6.45) is 0.825. The third-order valence-electron chi connectivity index (χ3n) is 3.79. The van der Waals surface area contributed by atoms with Gasteiger partial charge in [-0.05, 0) is 5.56 Å². The van der Waals surface area contributed by atoms with Gasteiger partial charge in [0.05, 0.1) is 12.5 Å². The number of benzene rings is 1. The summed E-state index contributed by atoms with van der Waals surface area (Å²) in [6.45, 7) is 0.384. The summed E-state index contributed by atoms with van der Waals surface area (Å²) in [4.78, 5) is 25.6. The van der Waals surface area contributed by atoms with Crippen LogP contribution in [-0.4, -0.2) is 46.8 Å². The van der Waals surface area contributed by atoms with E-state index >= 15 is 0 Å². The van der Waals surface area contributed by atoms with E-state index in [1.165, 1.54) is 16.2 Å². The molecular formula is C16H18N4O3S. The Morgan fingerprint density at radius 3 is 2.88 bits per heavy atom. The molecule has 126 valence electrons. The first kappa shape index (κ1) is 16.5. The molecule has 0 radical (unpaired) electrons. The van der Waals surface area contributed by atoms with Gasteiger partial charge in [-0.3, -0.25) is 14.5 Å². The molecule has 3 rings (SSSR count). The Morgan fingerprint density at radius 2 is 2.12 bits per heavy atom. The van der Waals surface area contributed by atoms with Crippen LogP contribution in [0.15, 0.2) is 30.3 Å². The number of aliphatic hydroxyl groups excluding tert-OH is 1. The fraction of sp³-hybridized carbons (Fsp3) is 0.375. The van der Waals surface area contributed by atoms with E-state index in [4.69, 9.17) is 5.11 Å². The molecule has 1 saturated heterocycles. The SMILES string of the molecule is O=C(NCCO)C1CC(=O)N(c2nnc(Cc3ccccc3)s2)C1. The van der Waals surface area contributed by atoms with E-state index in [0.29, 0.717) is 18.1 Å². The molecular weight excluding hydrogens is 328 g/mol. The number of aromatic nitrogens is 2. The summed E-state index contributed by atoms with van der Waals surface area (Å²) in [5.41, 5.74) is 1.13. The second kappa shape index (κ2) is 7.50. The van der Waals surface area contributed by atoms with Gasteiger partial charge in [0, 0.05) is 25.9 Å². The number of carbonyl (C=O) groups excluding carboxylic acids is 2. The zero-order chi connectivity index (χ0) is 16.9. The number of nitrogens with zero attached hydrogens (tertiary/aromatic N) is 3. The third kappa shape index (κ3) is 3.77. The van der Waals surface area contributed by atoms with Crippen LogP contribution < -0.4 is 10.2 Å². The van der Waals surface area contributed by atoms with Gasteiger partial charge in [0.15, 0.2) is 0 Å². The highest BCUT2D eigenvalue weighted by atomic mass is 32.1. The van der Waals surface area contributed by atoms with Crippen LogP contribution in [-0.2, 0) is 16.0 Å². The second-order valence-electron chi connectivity index (χ2n) is 5.56. The molecule has 1 atom stereocenters. The topological polar surface area (TPSA) is 95.4 Å². The minimum absolute atomic E-state index is 0.116. The predicted octanol–water partition coefficient (Wildman–Crippen LogP) is 0.590. The summed E-state index contributed by atoms with van der Waals surface area (Å²) in [6, 6.07) is 9.93. The molecule has 8 heteroatoms. The normalized spacial score (nSPS) is 17.3. The Bertz CT molecular complexity index is 719. The van der Waals surface area contributed by atoms with Crippen LogP contribution in [0, 0.1) is 5.92 Å². The van der Waals surface area contributed by atoms with Crippen molar-refractivity contribution < 1.29 is 14.7 Å². The molecule has 2 N–H and O–H groups in total. The van der Waals surface area contributed by atoms with Crippen molar-refractivity contribution in [3.63, 3.8) is 0 Å². The van der Waals surface area contributed by atoms with Gasteiger partial charge in [-0.15, -0.1) is 10.2 Å². The quantitative estimate of drug-likeness (QED) is 0.798. The molecule has 1 aliphatic rings. The maximum Gasteiger partial charge on any atom is 0.229 e. The Labute approximate surface area is 143 Å². The fourth-order valence-electron chi connectivity index (χ4n) is 2.59. The van der Waals surface area contributed by atoms with Crippen LogP contribution in [0.3, 0.4) is 0 Å². The van der Waals surface area contributed by atoms with E-state index in [-0.39, 0.29) is 31.4 Å². The zero-order valence-corrected chi connectivity index (χ0v) is 13.8. The number of amides is 2.